The Labute approximate surface area is 183 Å². The van der Waals surface area contributed by atoms with E-state index in [9.17, 15) is 9.18 Å². The zero-order valence-electron chi connectivity index (χ0n) is 18.7. The highest BCUT2D eigenvalue weighted by atomic mass is 19.1. The zero-order chi connectivity index (χ0) is 22.0. The predicted octanol–water partition coefficient (Wildman–Crippen LogP) is 2.53. The Bertz CT molecular complexity index is 886. The number of hydrogen-bond acceptors (Lipinski definition) is 6. The average molecular weight is 430 g/mol. The number of carbonyl (C=O) groups is 1. The van der Waals surface area contributed by atoms with Crippen molar-refractivity contribution in [3.63, 3.8) is 0 Å². The van der Waals surface area contributed by atoms with Crippen LogP contribution in [0, 0.1) is 11.7 Å². The molecule has 2 heterocycles. The molecule has 0 atom stereocenters. The van der Waals surface area contributed by atoms with Gasteiger partial charge in [-0.25, -0.2) is 4.39 Å². The summed E-state index contributed by atoms with van der Waals surface area (Å²) in [6, 6.07) is 6.31. The molecule has 4 rings (SSSR count). The molecule has 2 aromatic rings. The lowest BCUT2D eigenvalue weighted by atomic mass is 10.1. The van der Waals surface area contributed by atoms with Crippen LogP contribution >= 0.6 is 0 Å². The van der Waals surface area contributed by atoms with Gasteiger partial charge in [0.25, 0.3) is 0 Å². The number of piperazine rings is 1. The van der Waals surface area contributed by atoms with Crippen LogP contribution in [0.25, 0.3) is 11.3 Å². The molecular formula is C23H32FN5O2. The standard InChI is InChI=1S/C23H32FN5O2/c1-26(2)10-13-29(22(30)18-4-5-18)16-20-21(17-6-8-19(24)9-7-17)25-31-23(20)28-14-11-27(3)12-15-28/h6-9,18H,4-5,10-16H2,1-3H3. The normalized spacial score (nSPS) is 17.4. The Hall–Kier alpha value is -2.45. The van der Waals surface area contributed by atoms with Crippen LogP contribution in [-0.2, 0) is 11.3 Å². The number of halogens is 1. The third-order valence-electron chi connectivity index (χ3n) is 6.08. The maximum absolute atomic E-state index is 13.5. The molecule has 0 N–H and O–H groups in total. The number of rotatable bonds is 8. The molecule has 0 bridgehead atoms. The van der Waals surface area contributed by atoms with Crippen molar-refractivity contribution in [3.8, 4) is 11.3 Å². The lowest BCUT2D eigenvalue weighted by molar-refractivity contribution is -0.133. The molecular weight excluding hydrogens is 397 g/mol. The van der Waals surface area contributed by atoms with Crippen molar-refractivity contribution in [3.05, 3.63) is 35.6 Å². The van der Waals surface area contributed by atoms with Gasteiger partial charge in [0.05, 0.1) is 12.1 Å². The van der Waals surface area contributed by atoms with Crippen molar-refractivity contribution in [2.24, 2.45) is 5.92 Å². The van der Waals surface area contributed by atoms with Crippen LogP contribution in [0.3, 0.4) is 0 Å². The molecule has 31 heavy (non-hydrogen) atoms. The first-order chi connectivity index (χ1) is 14.9. The second kappa shape index (κ2) is 9.36. The number of nitrogens with zero attached hydrogens (tertiary/aromatic N) is 5. The van der Waals surface area contributed by atoms with Crippen LogP contribution < -0.4 is 4.90 Å². The molecule has 168 valence electrons. The van der Waals surface area contributed by atoms with Gasteiger partial charge in [-0.15, -0.1) is 0 Å². The Balaban J connectivity index is 1.66. The van der Waals surface area contributed by atoms with Crippen molar-refractivity contribution in [1.29, 1.82) is 0 Å². The summed E-state index contributed by atoms with van der Waals surface area (Å²) in [5.41, 5.74) is 2.39. The fourth-order valence-corrected chi connectivity index (χ4v) is 3.90. The first kappa shape index (κ1) is 21.8. The van der Waals surface area contributed by atoms with Crippen LogP contribution in [0.2, 0.25) is 0 Å². The first-order valence-electron chi connectivity index (χ1n) is 11.0. The fraction of sp³-hybridized carbons (Fsp3) is 0.565. The van der Waals surface area contributed by atoms with E-state index in [0.29, 0.717) is 18.8 Å². The minimum Gasteiger partial charge on any atom is -0.338 e. The summed E-state index contributed by atoms with van der Waals surface area (Å²) < 4.78 is 19.4. The molecule has 0 spiro atoms. The molecule has 7 nitrogen and oxygen atoms in total. The van der Waals surface area contributed by atoms with Crippen molar-refractivity contribution in [2.75, 3.05) is 65.3 Å². The monoisotopic (exact) mass is 429 g/mol. The van der Waals surface area contributed by atoms with Gasteiger partial charge in [-0.1, -0.05) is 5.16 Å². The van der Waals surface area contributed by atoms with E-state index in [4.69, 9.17) is 4.52 Å². The van der Waals surface area contributed by atoms with Crippen molar-refractivity contribution >= 4 is 11.8 Å². The van der Waals surface area contributed by atoms with E-state index >= 15 is 0 Å². The maximum Gasteiger partial charge on any atom is 0.232 e. The van der Waals surface area contributed by atoms with E-state index in [1.807, 2.05) is 19.0 Å². The van der Waals surface area contributed by atoms with E-state index in [2.05, 4.69) is 26.9 Å². The van der Waals surface area contributed by atoms with Gasteiger partial charge in [0.15, 0.2) is 0 Å². The van der Waals surface area contributed by atoms with E-state index in [1.54, 1.807) is 12.1 Å². The summed E-state index contributed by atoms with van der Waals surface area (Å²) in [5, 5.41) is 4.38. The van der Waals surface area contributed by atoms with Crippen LogP contribution in [-0.4, -0.2) is 86.2 Å². The van der Waals surface area contributed by atoms with Crippen LogP contribution in [0.15, 0.2) is 28.8 Å². The highest BCUT2D eigenvalue weighted by Crippen LogP contribution is 2.36. The Kier molecular flexibility index (Phi) is 6.57. The van der Waals surface area contributed by atoms with Gasteiger partial charge in [0.1, 0.15) is 11.5 Å². The smallest absolute Gasteiger partial charge is 0.232 e. The number of likely N-dealkylation sites (N-methyl/N-ethyl adjacent to an activating group) is 2. The van der Waals surface area contributed by atoms with Gasteiger partial charge in [-0.2, -0.15) is 0 Å². The number of aromatic nitrogens is 1. The number of carbonyl (C=O) groups excluding carboxylic acids is 1. The average Bonchev–Trinajstić information content (AvgIpc) is 3.52. The molecule has 8 heteroatoms. The highest BCUT2D eigenvalue weighted by Gasteiger charge is 2.35. The molecule has 2 aliphatic rings. The third-order valence-corrected chi connectivity index (χ3v) is 6.08. The van der Waals surface area contributed by atoms with E-state index < -0.39 is 0 Å². The largest absolute Gasteiger partial charge is 0.338 e. The Morgan fingerprint density at radius 1 is 1.13 bits per heavy atom. The van der Waals surface area contributed by atoms with E-state index in [-0.39, 0.29) is 17.6 Å². The van der Waals surface area contributed by atoms with E-state index in [1.165, 1.54) is 12.1 Å². The molecule has 1 aromatic heterocycles. The molecule has 1 aliphatic carbocycles. The summed E-state index contributed by atoms with van der Waals surface area (Å²) in [6.45, 7) is 5.46. The Morgan fingerprint density at radius 3 is 2.42 bits per heavy atom. The molecule has 2 fully saturated rings. The topological polar surface area (TPSA) is 56.1 Å². The summed E-state index contributed by atoms with van der Waals surface area (Å²) in [5.74, 6) is 0.788. The van der Waals surface area contributed by atoms with Crippen LogP contribution in [0.5, 0.6) is 0 Å². The lowest BCUT2D eigenvalue weighted by Gasteiger charge is -2.33. The molecule has 1 saturated carbocycles. The molecule has 0 unspecified atom stereocenters. The summed E-state index contributed by atoms with van der Waals surface area (Å²) in [7, 11) is 6.14. The van der Waals surface area contributed by atoms with Crippen molar-refractivity contribution in [2.45, 2.75) is 19.4 Å². The van der Waals surface area contributed by atoms with Crippen LogP contribution in [0.4, 0.5) is 10.3 Å². The number of hydrogen-bond donors (Lipinski definition) is 0. The Morgan fingerprint density at radius 2 is 1.81 bits per heavy atom. The van der Waals surface area contributed by atoms with Gasteiger partial charge in [-0.05, 0) is 58.3 Å². The highest BCUT2D eigenvalue weighted by molar-refractivity contribution is 5.81. The minimum absolute atomic E-state index is 0.142. The van der Waals surface area contributed by atoms with Gasteiger partial charge < -0.3 is 24.1 Å². The van der Waals surface area contributed by atoms with Crippen LogP contribution in [0.1, 0.15) is 18.4 Å². The number of benzene rings is 1. The number of amides is 1. The second-order valence-corrected chi connectivity index (χ2v) is 8.95. The molecule has 1 saturated heterocycles. The van der Waals surface area contributed by atoms with Crippen molar-refractivity contribution < 1.29 is 13.7 Å². The van der Waals surface area contributed by atoms with Gasteiger partial charge in [0.2, 0.25) is 11.8 Å². The third kappa shape index (κ3) is 5.25. The summed E-state index contributed by atoms with van der Waals surface area (Å²) in [4.78, 5) is 21.6. The van der Waals surface area contributed by atoms with Gasteiger partial charge >= 0.3 is 0 Å². The van der Waals surface area contributed by atoms with Crippen molar-refractivity contribution in [1.82, 2.24) is 19.9 Å². The number of anilines is 1. The first-order valence-corrected chi connectivity index (χ1v) is 11.0. The fourth-order valence-electron chi connectivity index (χ4n) is 3.90. The van der Waals surface area contributed by atoms with Gasteiger partial charge in [-0.3, -0.25) is 4.79 Å². The molecule has 1 aromatic carbocycles. The summed E-state index contributed by atoms with van der Waals surface area (Å²) >= 11 is 0. The minimum atomic E-state index is -0.287. The van der Waals surface area contributed by atoms with E-state index in [0.717, 1.165) is 62.6 Å². The van der Waals surface area contributed by atoms with Gasteiger partial charge in [0, 0.05) is 50.7 Å². The lowest BCUT2D eigenvalue weighted by Crippen LogP contribution is -2.45. The molecule has 0 radical (unpaired) electrons. The zero-order valence-corrected chi connectivity index (χ0v) is 18.7. The molecule has 1 amide bonds. The molecule has 1 aliphatic heterocycles. The predicted molar refractivity (Wildman–Crippen MR) is 118 cm³/mol. The maximum atomic E-state index is 13.5. The quantitative estimate of drug-likeness (QED) is 0.643. The summed E-state index contributed by atoms with van der Waals surface area (Å²) in [6.07, 6.45) is 1.94. The SMILES string of the molecule is CN(C)CCN(Cc1c(-c2ccc(F)cc2)noc1N1CCN(C)CC1)C(=O)C1CC1. The second-order valence-electron chi connectivity index (χ2n) is 8.95.